The van der Waals surface area contributed by atoms with E-state index in [-0.39, 0.29) is 26.0 Å². The number of primary amides is 1. The van der Waals surface area contributed by atoms with Crippen molar-refractivity contribution in [2.45, 2.75) is 83.6 Å². The zero-order valence-electron chi connectivity index (χ0n) is 29.9. The Hall–Kier alpha value is -4.80. The maximum atomic E-state index is 13.7. The average Bonchev–Trinajstić information content (AvgIpc) is 3.08. The third kappa shape index (κ3) is 17.6. The van der Waals surface area contributed by atoms with Gasteiger partial charge in [0.1, 0.15) is 36.1 Å². The first-order valence-corrected chi connectivity index (χ1v) is 17.3. The van der Waals surface area contributed by atoms with Crippen LogP contribution in [0.15, 0.2) is 67.3 Å². The summed E-state index contributed by atoms with van der Waals surface area (Å²) >= 11 is 0.961. The van der Waals surface area contributed by atoms with Crippen molar-refractivity contribution in [3.05, 3.63) is 78.4 Å². The molecule has 0 aromatic heterocycles. The lowest BCUT2D eigenvalue weighted by atomic mass is 10.0. The first-order chi connectivity index (χ1) is 24.2. The molecule has 0 saturated carbocycles. The smallest absolute Gasteiger partial charge is 0.408 e. The minimum Gasteiger partial charge on any atom is -0.497 e. The highest BCUT2D eigenvalue weighted by Crippen LogP contribution is 2.17. The topological polar surface area (TPSA) is 202 Å². The molecular formula is C35H51N7O8S. The van der Waals surface area contributed by atoms with Crippen LogP contribution in [-0.4, -0.2) is 78.3 Å². The lowest BCUT2D eigenvalue weighted by Gasteiger charge is -2.27. The molecule has 0 aliphatic heterocycles. The zero-order valence-corrected chi connectivity index (χ0v) is 30.7. The van der Waals surface area contributed by atoms with Crippen LogP contribution in [0.2, 0.25) is 0 Å². The van der Waals surface area contributed by atoms with Gasteiger partial charge in [0.2, 0.25) is 11.8 Å². The summed E-state index contributed by atoms with van der Waals surface area (Å²) in [5.41, 5.74) is 9.45. The molecule has 51 heavy (non-hydrogen) atoms. The molecular weight excluding hydrogens is 678 g/mol. The second-order valence-corrected chi connectivity index (χ2v) is 13.3. The number of hydrogen-bond donors (Lipinski definition) is 6. The van der Waals surface area contributed by atoms with E-state index in [0.717, 1.165) is 23.3 Å². The van der Waals surface area contributed by atoms with Crippen LogP contribution in [0.4, 0.5) is 9.59 Å². The Morgan fingerprint density at radius 1 is 0.922 bits per heavy atom. The molecule has 2 rings (SSSR count). The summed E-state index contributed by atoms with van der Waals surface area (Å²) < 4.78 is 20.0. The molecule has 0 radical (unpaired) electrons. The molecule has 0 saturated heterocycles. The van der Waals surface area contributed by atoms with Gasteiger partial charge < -0.3 is 35.9 Å². The van der Waals surface area contributed by atoms with Crippen molar-refractivity contribution >= 4 is 42.0 Å². The van der Waals surface area contributed by atoms with Crippen LogP contribution in [0.1, 0.15) is 58.1 Å². The SMILES string of the molecule is C=CCOC(=O)N[C@@H](C)C(=O)NN(Cc1ccc(OC)cc1)SN[C@H](Cc1ccccc1)C(=O)N[C@@H](CCCCNC(=O)OC(C)(C)C)C(N)=O. The van der Waals surface area contributed by atoms with Crippen LogP contribution in [0.3, 0.4) is 0 Å². The number of carbonyl (C=O) groups excluding carboxylic acids is 5. The Bertz CT molecular complexity index is 1420. The second kappa shape index (κ2) is 22.1. The number of alkyl carbamates (subject to hydrolysis) is 2. The highest BCUT2D eigenvalue weighted by Gasteiger charge is 2.27. The van der Waals surface area contributed by atoms with Gasteiger partial charge in [0.05, 0.1) is 13.7 Å². The number of hydrogen-bond acceptors (Lipinski definition) is 11. The van der Waals surface area contributed by atoms with Crippen molar-refractivity contribution in [2.75, 3.05) is 20.3 Å². The Balaban J connectivity index is 2.16. The number of nitrogens with one attached hydrogen (secondary N) is 5. The van der Waals surface area contributed by atoms with Crippen molar-refractivity contribution in [1.29, 1.82) is 0 Å². The summed E-state index contributed by atoms with van der Waals surface area (Å²) in [6.45, 7) is 10.8. The van der Waals surface area contributed by atoms with Crippen molar-refractivity contribution in [3.63, 3.8) is 0 Å². The van der Waals surface area contributed by atoms with Gasteiger partial charge >= 0.3 is 12.2 Å². The molecule has 0 unspecified atom stereocenters. The number of methoxy groups -OCH3 is 1. The van der Waals surface area contributed by atoms with Crippen molar-refractivity contribution < 1.29 is 38.2 Å². The van der Waals surface area contributed by atoms with Crippen LogP contribution in [0, 0.1) is 0 Å². The number of nitrogens with two attached hydrogens (primary N) is 1. The fraction of sp³-hybridized carbons (Fsp3) is 0.457. The zero-order chi connectivity index (χ0) is 37.8. The van der Waals surface area contributed by atoms with Crippen LogP contribution in [0.5, 0.6) is 5.75 Å². The molecule has 2 aromatic rings. The number of amides is 5. The van der Waals surface area contributed by atoms with Gasteiger partial charge in [-0.15, -0.1) is 4.41 Å². The summed E-state index contributed by atoms with van der Waals surface area (Å²) in [6, 6.07) is 13.7. The van der Waals surface area contributed by atoms with Crippen LogP contribution >= 0.6 is 12.1 Å². The van der Waals surface area contributed by atoms with Gasteiger partial charge in [0, 0.05) is 18.7 Å². The number of rotatable bonds is 21. The predicted octanol–water partition coefficient (Wildman–Crippen LogP) is 3.26. The quantitative estimate of drug-likeness (QED) is 0.0477. The Morgan fingerprint density at radius 2 is 1.61 bits per heavy atom. The molecule has 15 nitrogen and oxygen atoms in total. The number of benzene rings is 2. The fourth-order valence-electron chi connectivity index (χ4n) is 4.33. The monoisotopic (exact) mass is 729 g/mol. The van der Waals surface area contributed by atoms with E-state index in [0.29, 0.717) is 25.1 Å². The van der Waals surface area contributed by atoms with Gasteiger partial charge in [-0.2, -0.15) is 0 Å². The fourth-order valence-corrected chi connectivity index (χ4v) is 5.12. The lowest BCUT2D eigenvalue weighted by molar-refractivity contribution is -0.128. The maximum absolute atomic E-state index is 13.7. The van der Waals surface area contributed by atoms with Gasteiger partial charge in [-0.05, 0) is 76.6 Å². The van der Waals surface area contributed by atoms with E-state index in [4.69, 9.17) is 19.9 Å². The highest BCUT2D eigenvalue weighted by atomic mass is 32.2. The van der Waals surface area contributed by atoms with Crippen molar-refractivity contribution in [1.82, 2.24) is 30.5 Å². The van der Waals surface area contributed by atoms with Crippen LogP contribution in [-0.2, 0) is 36.8 Å². The first kappa shape index (κ1) is 42.4. The minimum absolute atomic E-state index is 0.0175. The van der Waals surface area contributed by atoms with Crippen molar-refractivity contribution in [3.8, 4) is 5.75 Å². The molecule has 7 N–H and O–H groups in total. The minimum atomic E-state index is -0.972. The van der Waals surface area contributed by atoms with Gasteiger partial charge in [-0.1, -0.05) is 55.1 Å². The molecule has 0 bridgehead atoms. The molecule has 0 heterocycles. The van der Waals surface area contributed by atoms with E-state index >= 15 is 0 Å². The summed E-state index contributed by atoms with van der Waals surface area (Å²) in [6.07, 6.45) is 1.59. The van der Waals surface area contributed by atoms with Gasteiger partial charge in [0.25, 0.3) is 5.91 Å². The number of hydrazine groups is 1. The largest absolute Gasteiger partial charge is 0.497 e. The number of nitrogens with zero attached hydrogens (tertiary/aromatic N) is 1. The molecule has 280 valence electrons. The van der Waals surface area contributed by atoms with Crippen molar-refractivity contribution in [2.24, 2.45) is 5.73 Å². The standard InChI is InChI=1S/C35H51N7O8S/c1-7-21-49-34(47)38-24(2)31(44)40-42(23-26-16-18-27(48-6)19-17-26)51-41-29(22-25-13-9-8-10-14-25)32(45)39-28(30(36)43)15-11-12-20-37-33(46)50-35(3,4)5/h7-10,13-14,16-19,24,28-29,41H,1,11-12,15,20-23H2,2-6H3,(H2,36,43)(H,37,46)(H,38,47)(H,39,45)(H,40,44)/t24-,28-,29+/m0/s1. The Labute approximate surface area is 304 Å². The third-order valence-electron chi connectivity index (χ3n) is 6.93. The second-order valence-electron chi connectivity index (χ2n) is 12.5. The summed E-state index contributed by atoms with van der Waals surface area (Å²) in [5, 5.41) is 7.89. The number of ether oxygens (including phenoxy) is 3. The van der Waals surface area contributed by atoms with E-state index in [1.807, 2.05) is 42.5 Å². The lowest BCUT2D eigenvalue weighted by Crippen LogP contribution is -2.53. The molecule has 2 aromatic carbocycles. The number of carbonyl (C=O) groups is 5. The Kier molecular flexibility index (Phi) is 18.4. The molecule has 5 amide bonds. The Morgan fingerprint density at radius 3 is 2.22 bits per heavy atom. The van der Waals surface area contributed by atoms with Gasteiger partial charge in [-0.3, -0.25) is 19.8 Å². The molecule has 0 aliphatic rings. The van der Waals surface area contributed by atoms with Crippen LogP contribution in [0.25, 0.3) is 0 Å². The maximum Gasteiger partial charge on any atom is 0.408 e. The van der Waals surface area contributed by atoms with E-state index in [9.17, 15) is 24.0 Å². The van der Waals surface area contributed by atoms with Crippen LogP contribution < -0.4 is 36.6 Å². The molecule has 0 spiro atoms. The van der Waals surface area contributed by atoms with E-state index in [1.54, 1.807) is 40.0 Å². The summed E-state index contributed by atoms with van der Waals surface area (Å²) in [5.74, 6) is -1.08. The molecule has 3 atom stereocenters. The molecule has 0 aliphatic carbocycles. The average molecular weight is 730 g/mol. The molecule has 0 fully saturated rings. The first-order valence-electron chi connectivity index (χ1n) is 16.5. The van der Waals surface area contributed by atoms with Gasteiger partial charge in [0.15, 0.2) is 0 Å². The summed E-state index contributed by atoms with van der Waals surface area (Å²) in [7, 11) is 1.56. The van der Waals surface area contributed by atoms with Gasteiger partial charge in [-0.25, -0.2) is 14.3 Å². The predicted molar refractivity (Wildman–Crippen MR) is 195 cm³/mol. The van der Waals surface area contributed by atoms with E-state index < -0.39 is 53.6 Å². The summed E-state index contributed by atoms with van der Waals surface area (Å²) in [4.78, 5) is 63.1. The van der Waals surface area contributed by atoms with E-state index in [1.165, 1.54) is 17.4 Å². The van der Waals surface area contributed by atoms with E-state index in [2.05, 4.69) is 32.7 Å². The normalized spacial score (nSPS) is 12.8. The molecule has 16 heteroatoms. The third-order valence-corrected chi connectivity index (χ3v) is 7.76. The highest BCUT2D eigenvalue weighted by molar-refractivity contribution is 7.95. The number of unbranched alkanes of at least 4 members (excludes halogenated alkanes) is 1.